The fraction of sp³-hybridized carbons (Fsp3) is 0.200. The summed E-state index contributed by atoms with van der Waals surface area (Å²) < 4.78 is 14.7. The number of esters is 1. The van der Waals surface area contributed by atoms with Crippen LogP contribution in [-0.4, -0.2) is 25.7 Å². The molecule has 2 aromatic rings. The van der Waals surface area contributed by atoms with Crippen molar-refractivity contribution >= 4 is 12.1 Å². The van der Waals surface area contributed by atoms with E-state index in [0.29, 0.717) is 13.0 Å². The topological polar surface area (TPSA) is 77.8 Å². The monoisotopic (exact) mass is 289 g/mol. The highest BCUT2D eigenvalue weighted by Gasteiger charge is 2.14. The van der Waals surface area contributed by atoms with Gasteiger partial charge < -0.3 is 19.2 Å². The second-order valence-corrected chi connectivity index (χ2v) is 4.19. The third-order valence-corrected chi connectivity index (χ3v) is 2.76. The summed E-state index contributed by atoms with van der Waals surface area (Å²) in [6.45, 7) is 0.402. The minimum Gasteiger partial charge on any atom is -0.472 e. The molecule has 0 atom stereocenters. The maximum absolute atomic E-state index is 11.7. The first-order valence-corrected chi connectivity index (χ1v) is 6.35. The summed E-state index contributed by atoms with van der Waals surface area (Å²) in [5.41, 5.74) is 1.18. The Kier molecular flexibility index (Phi) is 4.98. The van der Waals surface area contributed by atoms with E-state index in [4.69, 9.17) is 9.15 Å². The first kappa shape index (κ1) is 14.6. The average molecular weight is 289 g/mol. The number of para-hydroxylation sites is 1. The van der Waals surface area contributed by atoms with E-state index in [1.807, 2.05) is 6.07 Å². The molecule has 110 valence electrons. The number of carbonyl (C=O) groups is 2. The Morgan fingerprint density at radius 2 is 2.05 bits per heavy atom. The van der Waals surface area contributed by atoms with Gasteiger partial charge in [-0.3, -0.25) is 0 Å². The van der Waals surface area contributed by atoms with Gasteiger partial charge in [0.05, 0.1) is 19.6 Å². The van der Waals surface area contributed by atoms with Crippen LogP contribution in [0.15, 0.2) is 47.3 Å². The second-order valence-electron chi connectivity index (χ2n) is 4.19. The van der Waals surface area contributed by atoms with Gasteiger partial charge in [0, 0.05) is 6.54 Å². The van der Waals surface area contributed by atoms with Gasteiger partial charge >= 0.3 is 12.1 Å². The molecule has 21 heavy (non-hydrogen) atoms. The lowest BCUT2D eigenvalue weighted by Crippen LogP contribution is -2.29. The standard InChI is InChI=1S/C15H15NO5/c1-19-14(17)12-4-2-3-5-13(12)21-15(18)16-8-6-11-7-9-20-10-11/h2-5,7,9-10H,6,8H2,1H3,(H,16,18). The van der Waals surface area contributed by atoms with Crippen LogP contribution < -0.4 is 10.1 Å². The number of hydrogen-bond acceptors (Lipinski definition) is 5. The van der Waals surface area contributed by atoms with Gasteiger partial charge in [-0.15, -0.1) is 0 Å². The van der Waals surface area contributed by atoms with E-state index >= 15 is 0 Å². The van der Waals surface area contributed by atoms with E-state index < -0.39 is 12.1 Å². The van der Waals surface area contributed by atoms with Crippen LogP contribution in [0.2, 0.25) is 0 Å². The summed E-state index contributed by atoms with van der Waals surface area (Å²) in [6, 6.07) is 8.21. The zero-order valence-electron chi connectivity index (χ0n) is 11.5. The highest BCUT2D eigenvalue weighted by molar-refractivity contribution is 5.93. The van der Waals surface area contributed by atoms with Crippen LogP contribution >= 0.6 is 0 Å². The lowest BCUT2D eigenvalue weighted by atomic mass is 10.2. The number of benzene rings is 1. The number of nitrogens with one attached hydrogen (secondary N) is 1. The molecule has 1 amide bonds. The summed E-state index contributed by atoms with van der Waals surface area (Å²) in [5, 5.41) is 2.60. The van der Waals surface area contributed by atoms with E-state index in [9.17, 15) is 9.59 Å². The molecule has 1 aromatic carbocycles. The second kappa shape index (κ2) is 7.14. The van der Waals surface area contributed by atoms with Crippen molar-refractivity contribution in [1.82, 2.24) is 5.32 Å². The molecule has 0 unspecified atom stereocenters. The Balaban J connectivity index is 1.89. The number of ether oxygens (including phenoxy) is 2. The third kappa shape index (κ3) is 4.10. The molecule has 2 rings (SSSR count). The van der Waals surface area contributed by atoms with Crippen LogP contribution in [0.4, 0.5) is 4.79 Å². The van der Waals surface area contributed by atoms with Crippen LogP contribution in [0.5, 0.6) is 5.75 Å². The van der Waals surface area contributed by atoms with Gasteiger partial charge in [-0.05, 0) is 30.2 Å². The first-order valence-electron chi connectivity index (χ1n) is 6.35. The van der Waals surface area contributed by atoms with E-state index in [-0.39, 0.29) is 11.3 Å². The van der Waals surface area contributed by atoms with Crippen molar-refractivity contribution in [2.75, 3.05) is 13.7 Å². The summed E-state index contributed by atoms with van der Waals surface area (Å²) in [5.74, 6) is -0.401. The lowest BCUT2D eigenvalue weighted by molar-refractivity contribution is 0.0598. The fourth-order valence-corrected chi connectivity index (χ4v) is 1.71. The predicted molar refractivity (Wildman–Crippen MR) is 74.2 cm³/mol. The summed E-state index contributed by atoms with van der Waals surface area (Å²) in [7, 11) is 1.27. The van der Waals surface area contributed by atoms with Gasteiger partial charge in [-0.1, -0.05) is 12.1 Å². The highest BCUT2D eigenvalue weighted by atomic mass is 16.6. The molecule has 0 fully saturated rings. The Morgan fingerprint density at radius 1 is 1.24 bits per heavy atom. The van der Waals surface area contributed by atoms with Gasteiger partial charge in [0.1, 0.15) is 11.3 Å². The third-order valence-electron chi connectivity index (χ3n) is 2.76. The molecule has 1 aromatic heterocycles. The minimum absolute atomic E-state index is 0.158. The Hall–Kier alpha value is -2.76. The molecule has 1 N–H and O–H groups in total. The highest BCUT2D eigenvalue weighted by Crippen LogP contribution is 2.18. The molecule has 0 saturated heterocycles. The van der Waals surface area contributed by atoms with E-state index in [2.05, 4.69) is 10.1 Å². The maximum Gasteiger partial charge on any atom is 0.412 e. The van der Waals surface area contributed by atoms with Crippen LogP contribution in [0.25, 0.3) is 0 Å². The van der Waals surface area contributed by atoms with Crippen molar-refractivity contribution in [2.24, 2.45) is 0 Å². The van der Waals surface area contributed by atoms with Crippen molar-refractivity contribution in [3.63, 3.8) is 0 Å². The molecule has 1 heterocycles. The van der Waals surface area contributed by atoms with Crippen molar-refractivity contribution in [2.45, 2.75) is 6.42 Å². The van der Waals surface area contributed by atoms with Gasteiger partial charge in [-0.2, -0.15) is 0 Å². The SMILES string of the molecule is COC(=O)c1ccccc1OC(=O)NCCc1ccoc1. The fourth-order valence-electron chi connectivity index (χ4n) is 1.71. The Labute approximate surface area is 121 Å². The lowest BCUT2D eigenvalue weighted by Gasteiger charge is -2.09. The maximum atomic E-state index is 11.7. The normalized spacial score (nSPS) is 9.95. The zero-order valence-corrected chi connectivity index (χ0v) is 11.5. The zero-order chi connectivity index (χ0) is 15.1. The molecule has 0 aliphatic carbocycles. The van der Waals surface area contributed by atoms with Gasteiger partial charge in [0.2, 0.25) is 0 Å². The Morgan fingerprint density at radius 3 is 2.76 bits per heavy atom. The predicted octanol–water partition coefficient (Wildman–Crippen LogP) is 2.40. The number of carbonyl (C=O) groups excluding carboxylic acids is 2. The Bertz CT molecular complexity index is 606. The van der Waals surface area contributed by atoms with Crippen molar-refractivity contribution in [3.05, 3.63) is 54.0 Å². The molecule has 0 bridgehead atoms. The van der Waals surface area contributed by atoms with Crippen molar-refractivity contribution in [3.8, 4) is 5.75 Å². The van der Waals surface area contributed by atoms with Gasteiger partial charge in [0.25, 0.3) is 0 Å². The smallest absolute Gasteiger partial charge is 0.412 e. The van der Waals surface area contributed by atoms with E-state index in [1.54, 1.807) is 24.7 Å². The molecule has 0 radical (unpaired) electrons. The van der Waals surface area contributed by atoms with Crippen LogP contribution in [0.1, 0.15) is 15.9 Å². The van der Waals surface area contributed by atoms with Gasteiger partial charge in [-0.25, -0.2) is 9.59 Å². The number of amides is 1. The van der Waals surface area contributed by atoms with E-state index in [1.165, 1.54) is 19.2 Å². The molecule has 6 heteroatoms. The number of hydrogen-bond donors (Lipinski definition) is 1. The van der Waals surface area contributed by atoms with Crippen LogP contribution in [0, 0.1) is 0 Å². The molecular weight excluding hydrogens is 274 g/mol. The summed E-state index contributed by atoms with van der Waals surface area (Å²) >= 11 is 0. The van der Waals surface area contributed by atoms with Crippen LogP contribution in [-0.2, 0) is 11.2 Å². The average Bonchev–Trinajstić information content (AvgIpc) is 3.00. The van der Waals surface area contributed by atoms with E-state index in [0.717, 1.165) is 5.56 Å². The van der Waals surface area contributed by atoms with Crippen LogP contribution in [0.3, 0.4) is 0 Å². The minimum atomic E-state index is -0.630. The molecule has 0 aliphatic rings. The number of methoxy groups -OCH3 is 1. The number of rotatable bonds is 5. The molecule has 0 aliphatic heterocycles. The summed E-state index contributed by atoms with van der Waals surface area (Å²) in [6.07, 6.45) is 3.18. The molecular formula is C15H15NO5. The summed E-state index contributed by atoms with van der Waals surface area (Å²) in [4.78, 5) is 23.2. The quantitative estimate of drug-likeness (QED) is 0.855. The molecule has 0 saturated carbocycles. The van der Waals surface area contributed by atoms with Crippen molar-refractivity contribution < 1.29 is 23.5 Å². The largest absolute Gasteiger partial charge is 0.472 e. The molecule has 6 nitrogen and oxygen atoms in total. The number of furan rings is 1. The van der Waals surface area contributed by atoms with Crippen molar-refractivity contribution in [1.29, 1.82) is 0 Å². The first-order chi connectivity index (χ1) is 10.2. The van der Waals surface area contributed by atoms with Gasteiger partial charge in [0.15, 0.2) is 0 Å². The molecule has 0 spiro atoms.